The Labute approximate surface area is 225 Å². The first-order chi connectivity index (χ1) is 18.8. The number of hydrogen-bond acceptors (Lipinski definition) is 7. The maximum Gasteiger partial charge on any atom is 0.317 e. The van der Waals surface area contributed by atoms with E-state index in [1.807, 2.05) is 39.0 Å². The lowest BCUT2D eigenvalue weighted by molar-refractivity contribution is -0.231. The molecule has 0 aliphatic carbocycles. The number of nitrogens with one attached hydrogen (secondary N) is 2. The predicted molar refractivity (Wildman–Crippen MR) is 142 cm³/mol. The number of hydrogen-bond donors (Lipinski definition) is 2. The van der Waals surface area contributed by atoms with Gasteiger partial charge < -0.3 is 24.5 Å². The number of carbonyl (C=O) groups is 1. The first-order valence-electron chi connectivity index (χ1n) is 12.7. The number of carbonyl (C=O) groups excluding carboxylic acids is 1. The molecule has 0 spiro atoms. The Morgan fingerprint density at radius 3 is 2.51 bits per heavy atom. The third-order valence-electron chi connectivity index (χ3n) is 6.17. The van der Waals surface area contributed by atoms with Gasteiger partial charge in [0.2, 0.25) is 6.29 Å². The van der Waals surface area contributed by atoms with Gasteiger partial charge in [-0.15, -0.1) is 0 Å². The molecule has 0 saturated carbocycles. The average Bonchev–Trinajstić information content (AvgIpc) is 3.38. The van der Waals surface area contributed by atoms with E-state index in [1.165, 1.54) is 12.1 Å². The van der Waals surface area contributed by atoms with Crippen LogP contribution in [0.3, 0.4) is 0 Å². The fourth-order valence-electron chi connectivity index (χ4n) is 4.14. The topological polar surface area (TPSA) is 111 Å². The number of rotatable bonds is 8. The highest BCUT2D eigenvalue weighted by atomic mass is 19.1. The zero-order chi connectivity index (χ0) is 27.4. The van der Waals surface area contributed by atoms with Crippen molar-refractivity contribution in [1.82, 2.24) is 25.3 Å². The molecule has 3 heterocycles. The summed E-state index contributed by atoms with van der Waals surface area (Å²) in [6.07, 6.45) is 0.756. The number of amides is 1. The van der Waals surface area contributed by atoms with Gasteiger partial charge >= 0.3 is 6.01 Å². The second-order valence-electron chi connectivity index (χ2n) is 10.1. The minimum Gasteiger partial charge on any atom is -0.461 e. The molecular weight excluding hydrogens is 501 g/mol. The molecule has 1 aliphatic heterocycles. The molecule has 1 saturated heterocycles. The van der Waals surface area contributed by atoms with E-state index in [0.29, 0.717) is 53.8 Å². The van der Waals surface area contributed by atoms with Crippen molar-refractivity contribution in [1.29, 1.82) is 0 Å². The van der Waals surface area contributed by atoms with Crippen LogP contribution in [0.1, 0.15) is 43.2 Å². The lowest BCUT2D eigenvalue weighted by Gasteiger charge is -2.36. The van der Waals surface area contributed by atoms with Crippen LogP contribution < -0.4 is 10.1 Å². The molecule has 39 heavy (non-hydrogen) atoms. The first-order valence-corrected chi connectivity index (χ1v) is 12.7. The smallest absolute Gasteiger partial charge is 0.317 e. The lowest BCUT2D eigenvalue weighted by atomic mass is 9.92. The van der Waals surface area contributed by atoms with Gasteiger partial charge in [0.05, 0.1) is 36.4 Å². The molecule has 1 aliphatic rings. The largest absolute Gasteiger partial charge is 0.461 e. The van der Waals surface area contributed by atoms with Crippen LogP contribution in [0.5, 0.6) is 6.01 Å². The summed E-state index contributed by atoms with van der Waals surface area (Å²) in [6, 6.07) is 17.1. The lowest BCUT2D eigenvalue weighted by Crippen LogP contribution is -2.45. The van der Waals surface area contributed by atoms with Gasteiger partial charge in [0.1, 0.15) is 5.82 Å². The first kappa shape index (κ1) is 26.5. The molecule has 0 atom stereocenters. The van der Waals surface area contributed by atoms with E-state index >= 15 is 0 Å². The Balaban J connectivity index is 1.35. The summed E-state index contributed by atoms with van der Waals surface area (Å²) >= 11 is 0. The Morgan fingerprint density at radius 2 is 1.82 bits per heavy atom. The second-order valence-corrected chi connectivity index (χ2v) is 10.1. The van der Waals surface area contributed by atoms with Gasteiger partial charge in [0.15, 0.2) is 5.82 Å². The van der Waals surface area contributed by atoms with E-state index in [1.54, 1.807) is 36.5 Å². The monoisotopic (exact) mass is 531 g/mol. The number of ether oxygens (including phenoxy) is 3. The van der Waals surface area contributed by atoms with Crippen molar-refractivity contribution in [2.24, 2.45) is 5.41 Å². The molecular formula is C29H30FN5O4. The predicted octanol–water partition coefficient (Wildman–Crippen LogP) is 4.94. The van der Waals surface area contributed by atoms with Crippen molar-refractivity contribution in [3.63, 3.8) is 0 Å². The number of nitrogens with zero attached hydrogens (tertiary/aromatic N) is 3. The molecule has 2 N–H and O–H groups in total. The molecule has 0 unspecified atom stereocenters. The van der Waals surface area contributed by atoms with Gasteiger partial charge in [-0.05, 0) is 56.3 Å². The van der Waals surface area contributed by atoms with Crippen LogP contribution in [-0.2, 0) is 9.47 Å². The van der Waals surface area contributed by atoms with Crippen molar-refractivity contribution in [2.45, 2.75) is 33.2 Å². The molecule has 1 amide bonds. The number of aromatic nitrogens is 4. The fourth-order valence-corrected chi connectivity index (χ4v) is 4.14. The molecule has 4 aromatic rings. The van der Waals surface area contributed by atoms with Gasteiger partial charge in [-0.25, -0.2) is 14.4 Å². The molecule has 10 heteroatoms. The normalized spacial score (nSPS) is 19.2. The Kier molecular flexibility index (Phi) is 7.67. The average molecular weight is 532 g/mol. The highest BCUT2D eigenvalue weighted by Crippen LogP contribution is 2.35. The molecule has 202 valence electrons. The molecule has 5 rings (SSSR count). The van der Waals surface area contributed by atoms with E-state index in [0.717, 1.165) is 0 Å². The zero-order valence-electron chi connectivity index (χ0n) is 22.0. The number of halogens is 1. The van der Waals surface area contributed by atoms with Crippen molar-refractivity contribution in [3.05, 3.63) is 84.1 Å². The van der Waals surface area contributed by atoms with E-state index < -0.39 is 11.7 Å². The zero-order valence-corrected chi connectivity index (χ0v) is 22.0. The molecule has 2 aromatic carbocycles. The number of aromatic amines is 1. The van der Waals surface area contributed by atoms with Gasteiger partial charge in [-0.1, -0.05) is 25.1 Å². The number of benzene rings is 2. The summed E-state index contributed by atoms with van der Waals surface area (Å²) in [6.45, 7) is 6.85. The van der Waals surface area contributed by atoms with Crippen LogP contribution in [0.2, 0.25) is 0 Å². The summed E-state index contributed by atoms with van der Waals surface area (Å²) in [4.78, 5) is 29.3. The van der Waals surface area contributed by atoms with Gasteiger partial charge in [-0.3, -0.25) is 4.79 Å². The minimum absolute atomic E-state index is 0.0926. The second kappa shape index (κ2) is 11.3. The van der Waals surface area contributed by atoms with E-state index in [4.69, 9.17) is 19.2 Å². The third-order valence-corrected chi connectivity index (χ3v) is 6.17. The number of H-pyrrole nitrogens is 1. The summed E-state index contributed by atoms with van der Waals surface area (Å²) in [5.74, 6) is -0.0443. The van der Waals surface area contributed by atoms with Crippen LogP contribution in [0.15, 0.2) is 66.9 Å². The maximum absolute atomic E-state index is 13.6. The molecule has 1 fully saturated rings. The SMILES string of the molecule is CC(C)Oc1nccc(-c2[nH]c(C3OCC(C)(CNC(=O)c4ccccc4)CO3)nc2-c2ccc(F)cc2)n1. The minimum atomic E-state index is -0.760. The van der Waals surface area contributed by atoms with Crippen molar-refractivity contribution in [3.8, 4) is 28.7 Å². The highest BCUT2D eigenvalue weighted by Gasteiger charge is 2.35. The molecule has 9 nitrogen and oxygen atoms in total. The summed E-state index contributed by atoms with van der Waals surface area (Å²) < 4.78 is 31.4. The van der Waals surface area contributed by atoms with E-state index in [2.05, 4.69) is 20.3 Å². The van der Waals surface area contributed by atoms with Crippen molar-refractivity contribution in [2.75, 3.05) is 19.8 Å². The summed E-state index contributed by atoms with van der Waals surface area (Å²) in [7, 11) is 0. The highest BCUT2D eigenvalue weighted by molar-refractivity contribution is 5.94. The Hall–Kier alpha value is -4.15. The van der Waals surface area contributed by atoms with Crippen molar-refractivity contribution >= 4 is 5.91 Å². The maximum atomic E-state index is 13.6. The van der Waals surface area contributed by atoms with Crippen LogP contribution in [0.4, 0.5) is 4.39 Å². The van der Waals surface area contributed by atoms with Gasteiger partial charge in [0, 0.05) is 29.3 Å². The van der Waals surface area contributed by atoms with Gasteiger partial charge in [-0.2, -0.15) is 4.98 Å². The summed E-state index contributed by atoms with van der Waals surface area (Å²) in [5, 5.41) is 2.96. The quantitative estimate of drug-likeness (QED) is 0.331. The van der Waals surface area contributed by atoms with Crippen LogP contribution in [0.25, 0.3) is 22.6 Å². The number of imidazole rings is 1. The van der Waals surface area contributed by atoms with Gasteiger partial charge in [0.25, 0.3) is 5.91 Å². The summed E-state index contributed by atoms with van der Waals surface area (Å²) in [5.41, 5.74) is 2.59. The Bertz CT molecular complexity index is 1420. The molecule has 0 radical (unpaired) electrons. The van der Waals surface area contributed by atoms with Crippen LogP contribution in [0, 0.1) is 11.2 Å². The molecule has 2 aromatic heterocycles. The standard InChI is InChI=1S/C29H30FN5O4/c1-18(2)39-28-31-14-13-22(33-28)24-23(19-9-11-21(30)12-10-19)34-25(35-24)27-37-16-29(3,17-38-27)15-32-26(36)20-7-5-4-6-8-20/h4-14,18,27H,15-17H2,1-3H3,(H,32,36)(H,34,35). The van der Waals surface area contributed by atoms with E-state index in [9.17, 15) is 9.18 Å². The van der Waals surface area contributed by atoms with Crippen molar-refractivity contribution < 1.29 is 23.4 Å². The third kappa shape index (κ3) is 6.30. The fraction of sp³-hybridized carbons (Fsp3) is 0.310. The van der Waals surface area contributed by atoms with Crippen LogP contribution in [-0.4, -0.2) is 51.7 Å². The van der Waals surface area contributed by atoms with Crippen LogP contribution >= 0.6 is 0 Å². The Morgan fingerprint density at radius 1 is 1.10 bits per heavy atom. The van der Waals surface area contributed by atoms with E-state index in [-0.39, 0.29) is 23.8 Å². The molecule has 0 bridgehead atoms.